The van der Waals surface area contributed by atoms with Crippen molar-refractivity contribution in [1.29, 1.82) is 5.26 Å². The molecule has 3 nitrogen and oxygen atoms in total. The molecule has 2 saturated heterocycles. The molecule has 2 unspecified atom stereocenters. The number of aromatic nitrogens is 1. The molecular formula is C15H15FN2OS. The molecule has 1 aromatic heterocycles. The van der Waals surface area contributed by atoms with Gasteiger partial charge in [-0.15, -0.1) is 0 Å². The largest absolute Gasteiger partial charge is 0.294 e. The molecule has 20 heavy (non-hydrogen) atoms. The van der Waals surface area contributed by atoms with E-state index in [-0.39, 0.29) is 17.4 Å². The van der Waals surface area contributed by atoms with Crippen LogP contribution < -0.4 is 0 Å². The average Bonchev–Trinajstić information content (AvgIpc) is 2.46. The van der Waals surface area contributed by atoms with Crippen molar-refractivity contribution in [2.75, 3.05) is 0 Å². The van der Waals surface area contributed by atoms with E-state index in [0.29, 0.717) is 16.1 Å². The van der Waals surface area contributed by atoms with E-state index in [0.717, 1.165) is 18.9 Å². The zero-order chi connectivity index (χ0) is 14.1. The number of carbonyl (C=O) groups excluding carboxylic acids is 1. The smallest absolute Gasteiger partial charge is 0.176 e. The van der Waals surface area contributed by atoms with Crippen molar-refractivity contribution < 1.29 is 9.18 Å². The number of ketones is 1. The standard InChI is InChI=1S/C15H15FN2OS/c16-13-6-10(8-18-14(13)7-17)15(19)9-4-11-2-1-3-12(5-9)20-11/h6,8-9,11-12H,1-5H2. The molecule has 2 atom stereocenters. The van der Waals surface area contributed by atoms with Gasteiger partial charge in [-0.1, -0.05) is 6.42 Å². The van der Waals surface area contributed by atoms with E-state index < -0.39 is 5.82 Å². The van der Waals surface area contributed by atoms with Crippen molar-refractivity contribution >= 4 is 17.5 Å². The maximum Gasteiger partial charge on any atom is 0.176 e. The molecule has 0 radical (unpaired) electrons. The predicted octanol–water partition coefficient (Wildman–Crippen LogP) is 3.34. The van der Waals surface area contributed by atoms with Gasteiger partial charge in [-0.25, -0.2) is 9.37 Å². The van der Waals surface area contributed by atoms with Gasteiger partial charge in [0.1, 0.15) is 6.07 Å². The summed E-state index contributed by atoms with van der Waals surface area (Å²) in [5.41, 5.74) is 0.0501. The summed E-state index contributed by atoms with van der Waals surface area (Å²) in [6, 6.07) is 2.83. The van der Waals surface area contributed by atoms with Crippen molar-refractivity contribution in [3.63, 3.8) is 0 Å². The summed E-state index contributed by atoms with van der Waals surface area (Å²) in [5, 5.41) is 9.82. The van der Waals surface area contributed by atoms with Crippen LogP contribution in [0.1, 0.15) is 48.2 Å². The molecule has 3 rings (SSSR count). The van der Waals surface area contributed by atoms with Crippen LogP contribution in [0.2, 0.25) is 0 Å². The van der Waals surface area contributed by atoms with E-state index in [1.54, 1.807) is 6.07 Å². The minimum Gasteiger partial charge on any atom is -0.294 e. The second-order valence-electron chi connectivity index (χ2n) is 5.51. The summed E-state index contributed by atoms with van der Waals surface area (Å²) in [6.07, 6.45) is 6.75. The summed E-state index contributed by atoms with van der Waals surface area (Å²) < 4.78 is 13.6. The van der Waals surface area contributed by atoms with Gasteiger partial charge in [-0.2, -0.15) is 17.0 Å². The Hall–Kier alpha value is -1.41. The fourth-order valence-corrected chi connectivity index (χ4v) is 5.00. The number of nitrogens with zero attached hydrogens (tertiary/aromatic N) is 2. The number of Topliss-reactive ketones (excluding diaryl/α,β-unsaturated/α-hetero) is 1. The van der Waals surface area contributed by atoms with Gasteiger partial charge in [0.25, 0.3) is 0 Å². The number of hydrogen-bond donors (Lipinski definition) is 0. The monoisotopic (exact) mass is 290 g/mol. The van der Waals surface area contributed by atoms with Gasteiger partial charge >= 0.3 is 0 Å². The fourth-order valence-electron chi connectivity index (χ4n) is 3.16. The Labute approximate surface area is 121 Å². The lowest BCUT2D eigenvalue weighted by Crippen LogP contribution is -2.33. The van der Waals surface area contributed by atoms with Crippen molar-refractivity contribution in [2.45, 2.75) is 42.6 Å². The summed E-state index contributed by atoms with van der Waals surface area (Å²) in [4.78, 5) is 16.2. The van der Waals surface area contributed by atoms with Crippen LogP contribution in [0.25, 0.3) is 0 Å². The fraction of sp³-hybridized carbons (Fsp3) is 0.533. The zero-order valence-corrected chi connectivity index (χ0v) is 11.8. The maximum atomic E-state index is 13.6. The van der Waals surface area contributed by atoms with E-state index in [1.807, 2.05) is 11.8 Å². The Morgan fingerprint density at radius 3 is 2.70 bits per heavy atom. The van der Waals surface area contributed by atoms with Crippen LogP contribution in [0.3, 0.4) is 0 Å². The van der Waals surface area contributed by atoms with E-state index in [9.17, 15) is 9.18 Å². The third-order valence-corrected chi connectivity index (χ3v) is 5.76. The van der Waals surface area contributed by atoms with Crippen molar-refractivity contribution in [1.82, 2.24) is 4.98 Å². The van der Waals surface area contributed by atoms with Crippen LogP contribution in [0.4, 0.5) is 4.39 Å². The van der Waals surface area contributed by atoms with Crippen LogP contribution in [0, 0.1) is 23.1 Å². The number of thioether (sulfide) groups is 1. The summed E-state index contributed by atoms with van der Waals surface area (Å²) in [7, 11) is 0. The second-order valence-corrected chi connectivity index (χ2v) is 7.12. The molecule has 0 saturated carbocycles. The zero-order valence-electron chi connectivity index (χ0n) is 11.0. The molecule has 2 aliphatic rings. The van der Waals surface area contributed by atoms with Crippen molar-refractivity contribution in [2.24, 2.45) is 5.92 Å². The van der Waals surface area contributed by atoms with Crippen molar-refractivity contribution in [3.8, 4) is 6.07 Å². The lowest BCUT2D eigenvalue weighted by molar-refractivity contribution is 0.0896. The van der Waals surface area contributed by atoms with Gasteiger partial charge in [-0.05, 0) is 31.7 Å². The number of pyridine rings is 1. The molecule has 1 aromatic rings. The lowest BCUT2D eigenvalue weighted by atomic mass is 9.85. The highest BCUT2D eigenvalue weighted by Crippen LogP contribution is 2.44. The van der Waals surface area contributed by atoms with Gasteiger partial charge in [0.05, 0.1) is 0 Å². The summed E-state index contributed by atoms with van der Waals surface area (Å²) in [6.45, 7) is 0. The number of nitriles is 1. The van der Waals surface area contributed by atoms with Crippen molar-refractivity contribution in [3.05, 3.63) is 29.3 Å². The molecule has 2 bridgehead atoms. The highest BCUT2D eigenvalue weighted by Gasteiger charge is 2.36. The van der Waals surface area contributed by atoms with E-state index in [4.69, 9.17) is 5.26 Å². The molecule has 0 spiro atoms. The Morgan fingerprint density at radius 1 is 1.40 bits per heavy atom. The van der Waals surface area contributed by atoms with E-state index >= 15 is 0 Å². The third-order valence-electron chi connectivity index (χ3n) is 4.13. The molecule has 104 valence electrons. The number of rotatable bonds is 2. The number of fused-ring (bicyclic) bond motifs is 2. The topological polar surface area (TPSA) is 53.8 Å². The molecule has 0 amide bonds. The van der Waals surface area contributed by atoms with Gasteiger partial charge in [0.2, 0.25) is 0 Å². The lowest BCUT2D eigenvalue weighted by Gasteiger charge is -2.37. The van der Waals surface area contributed by atoms with Gasteiger partial charge in [0.15, 0.2) is 17.3 Å². The van der Waals surface area contributed by atoms with E-state index in [2.05, 4.69) is 4.98 Å². The number of halogens is 1. The molecule has 2 aliphatic heterocycles. The summed E-state index contributed by atoms with van der Waals surface area (Å²) in [5.74, 6) is -0.734. The normalized spacial score (nSPS) is 28.7. The van der Waals surface area contributed by atoms with Crippen LogP contribution >= 0.6 is 11.8 Å². The molecule has 0 N–H and O–H groups in total. The molecular weight excluding hydrogens is 275 g/mol. The first-order valence-electron chi connectivity index (χ1n) is 6.92. The minimum atomic E-state index is -0.705. The predicted molar refractivity (Wildman–Crippen MR) is 75.0 cm³/mol. The quantitative estimate of drug-likeness (QED) is 0.784. The van der Waals surface area contributed by atoms with Crippen LogP contribution in [0.15, 0.2) is 12.3 Å². The Balaban J connectivity index is 1.79. The first-order chi connectivity index (χ1) is 9.67. The highest BCUT2D eigenvalue weighted by atomic mass is 32.2. The minimum absolute atomic E-state index is 0.0133. The molecule has 5 heteroatoms. The average molecular weight is 290 g/mol. The highest BCUT2D eigenvalue weighted by molar-refractivity contribution is 8.00. The SMILES string of the molecule is N#Cc1ncc(C(=O)C2CC3CCCC(C2)S3)cc1F. The van der Waals surface area contributed by atoms with Crippen LogP contribution in [0.5, 0.6) is 0 Å². The van der Waals surface area contributed by atoms with Gasteiger partial charge < -0.3 is 0 Å². The summed E-state index contributed by atoms with van der Waals surface area (Å²) >= 11 is 2.01. The van der Waals surface area contributed by atoms with Crippen LogP contribution in [-0.2, 0) is 0 Å². The van der Waals surface area contributed by atoms with Crippen LogP contribution in [-0.4, -0.2) is 21.3 Å². The first kappa shape index (κ1) is 13.6. The molecule has 0 aromatic carbocycles. The van der Waals surface area contributed by atoms with Gasteiger partial charge in [0, 0.05) is 28.2 Å². The number of hydrogen-bond acceptors (Lipinski definition) is 4. The first-order valence-corrected chi connectivity index (χ1v) is 7.87. The Bertz CT molecular complexity index is 572. The Morgan fingerprint density at radius 2 is 2.10 bits per heavy atom. The molecule has 2 fully saturated rings. The Kier molecular flexibility index (Phi) is 3.75. The second kappa shape index (κ2) is 5.53. The maximum absolute atomic E-state index is 13.6. The van der Waals surface area contributed by atoms with E-state index in [1.165, 1.54) is 25.5 Å². The molecule has 0 aliphatic carbocycles. The molecule has 3 heterocycles. The third kappa shape index (κ3) is 2.57. The number of carbonyl (C=O) groups is 1. The van der Waals surface area contributed by atoms with Gasteiger partial charge in [-0.3, -0.25) is 4.79 Å².